The first-order valence-corrected chi connectivity index (χ1v) is 7.53. The summed E-state index contributed by atoms with van der Waals surface area (Å²) in [5.74, 6) is -0.624. The zero-order valence-electron chi connectivity index (χ0n) is 11.6. The highest BCUT2D eigenvalue weighted by atomic mass is 35.5. The van der Waals surface area contributed by atoms with E-state index in [4.69, 9.17) is 39.5 Å². The Morgan fingerprint density at radius 3 is 2.48 bits per heavy atom. The van der Waals surface area contributed by atoms with Gasteiger partial charge >= 0.3 is 5.97 Å². The Morgan fingerprint density at radius 2 is 1.83 bits per heavy atom. The summed E-state index contributed by atoms with van der Waals surface area (Å²) in [5.41, 5.74) is 0.482. The smallest absolute Gasteiger partial charge is 0.310 e. The summed E-state index contributed by atoms with van der Waals surface area (Å²) in [6.07, 6.45) is -0.262. The number of esters is 1. The van der Waals surface area contributed by atoms with E-state index < -0.39 is 10.9 Å². The summed E-state index contributed by atoms with van der Waals surface area (Å²) in [4.78, 5) is 22.3. The standard InChI is InChI=1S/C15H10Cl3NO4/c16-11-5-4-10(13(18)7-11)8-23-14(20)6-9-2-1-3-12(17)15(9)19(21)22/h1-5,7H,6,8H2. The molecule has 0 unspecified atom stereocenters. The van der Waals surface area contributed by atoms with Gasteiger partial charge in [-0.1, -0.05) is 53.0 Å². The lowest BCUT2D eigenvalue weighted by atomic mass is 10.1. The molecule has 0 spiro atoms. The maximum atomic E-state index is 11.9. The number of nitrogens with zero attached hydrogens (tertiary/aromatic N) is 1. The topological polar surface area (TPSA) is 69.4 Å². The van der Waals surface area contributed by atoms with Crippen LogP contribution in [0.15, 0.2) is 36.4 Å². The number of carbonyl (C=O) groups is 1. The minimum atomic E-state index is -0.624. The molecule has 5 nitrogen and oxygen atoms in total. The van der Waals surface area contributed by atoms with E-state index >= 15 is 0 Å². The summed E-state index contributed by atoms with van der Waals surface area (Å²) < 4.78 is 5.10. The van der Waals surface area contributed by atoms with Crippen LogP contribution in [0.25, 0.3) is 0 Å². The molecule has 0 aliphatic carbocycles. The minimum absolute atomic E-state index is 0.0268. The number of halogens is 3. The minimum Gasteiger partial charge on any atom is -0.460 e. The molecule has 8 heteroatoms. The van der Waals surface area contributed by atoms with Crippen molar-refractivity contribution >= 4 is 46.5 Å². The van der Waals surface area contributed by atoms with Gasteiger partial charge in [-0.3, -0.25) is 14.9 Å². The third kappa shape index (κ3) is 4.58. The second kappa shape index (κ2) is 7.64. The number of carbonyl (C=O) groups excluding carboxylic acids is 1. The second-order valence-corrected chi connectivity index (χ2v) is 5.83. The molecular weight excluding hydrogens is 365 g/mol. The second-order valence-electron chi connectivity index (χ2n) is 4.58. The Morgan fingerprint density at radius 1 is 1.09 bits per heavy atom. The van der Waals surface area contributed by atoms with E-state index in [9.17, 15) is 14.9 Å². The number of hydrogen-bond donors (Lipinski definition) is 0. The molecule has 2 aromatic carbocycles. The molecule has 23 heavy (non-hydrogen) atoms. The van der Waals surface area contributed by atoms with Crippen LogP contribution in [0.3, 0.4) is 0 Å². The van der Waals surface area contributed by atoms with Crippen molar-refractivity contribution in [2.24, 2.45) is 0 Å². The molecule has 0 fully saturated rings. The van der Waals surface area contributed by atoms with Crippen molar-refractivity contribution in [3.63, 3.8) is 0 Å². The molecule has 0 saturated carbocycles. The largest absolute Gasteiger partial charge is 0.460 e. The van der Waals surface area contributed by atoms with Crippen LogP contribution >= 0.6 is 34.8 Å². The third-order valence-corrected chi connectivity index (χ3v) is 3.88. The summed E-state index contributed by atoms with van der Waals surface area (Å²) >= 11 is 17.6. The van der Waals surface area contributed by atoms with Gasteiger partial charge in [0.2, 0.25) is 0 Å². The Balaban J connectivity index is 2.06. The Bertz CT molecular complexity index is 764. The van der Waals surface area contributed by atoms with Crippen LogP contribution in [0, 0.1) is 10.1 Å². The van der Waals surface area contributed by atoms with Gasteiger partial charge in [-0.05, 0) is 18.2 Å². The van der Waals surface area contributed by atoms with Crippen LogP contribution in [-0.2, 0) is 22.6 Å². The van der Waals surface area contributed by atoms with Gasteiger partial charge in [0.05, 0.1) is 11.3 Å². The van der Waals surface area contributed by atoms with Crippen molar-refractivity contribution < 1.29 is 14.5 Å². The monoisotopic (exact) mass is 373 g/mol. The van der Waals surface area contributed by atoms with Gasteiger partial charge in [-0.15, -0.1) is 0 Å². The molecule has 2 rings (SSSR count). The average molecular weight is 375 g/mol. The number of hydrogen-bond acceptors (Lipinski definition) is 4. The van der Waals surface area contributed by atoms with E-state index in [1.54, 1.807) is 12.1 Å². The zero-order valence-corrected chi connectivity index (χ0v) is 13.9. The SMILES string of the molecule is O=C(Cc1cccc(Cl)c1[N+](=O)[O-])OCc1ccc(Cl)cc1Cl. The van der Waals surface area contributed by atoms with Crippen LogP contribution in [0.2, 0.25) is 15.1 Å². The summed E-state index contributed by atoms with van der Waals surface area (Å²) in [6.45, 7) is -0.0524. The predicted molar refractivity (Wildman–Crippen MR) is 88.1 cm³/mol. The Kier molecular flexibility index (Phi) is 5.82. The molecule has 0 N–H and O–H groups in total. The van der Waals surface area contributed by atoms with Gasteiger partial charge in [0, 0.05) is 21.2 Å². The Hall–Kier alpha value is -1.82. The molecule has 0 aromatic heterocycles. The highest BCUT2D eigenvalue weighted by molar-refractivity contribution is 6.35. The molecule has 0 aliphatic rings. The van der Waals surface area contributed by atoms with Gasteiger partial charge in [0.25, 0.3) is 5.69 Å². The van der Waals surface area contributed by atoms with Crippen molar-refractivity contribution in [1.82, 2.24) is 0 Å². The predicted octanol–water partition coefficient (Wildman–Crippen LogP) is 4.84. The first kappa shape index (κ1) is 17.5. The number of nitro groups is 1. The quantitative estimate of drug-likeness (QED) is 0.426. The van der Waals surface area contributed by atoms with Gasteiger partial charge in [-0.2, -0.15) is 0 Å². The molecule has 0 amide bonds. The zero-order chi connectivity index (χ0) is 17.0. The number of para-hydroxylation sites is 1. The number of ether oxygens (including phenoxy) is 1. The van der Waals surface area contributed by atoms with Gasteiger partial charge < -0.3 is 4.74 Å². The van der Waals surface area contributed by atoms with Gasteiger partial charge in [0.15, 0.2) is 0 Å². The highest BCUT2D eigenvalue weighted by Gasteiger charge is 2.21. The molecule has 2 aromatic rings. The van der Waals surface area contributed by atoms with E-state index in [0.29, 0.717) is 15.6 Å². The molecule has 0 bridgehead atoms. The molecule has 120 valence electrons. The van der Waals surface area contributed by atoms with Crippen LogP contribution in [-0.4, -0.2) is 10.9 Å². The van der Waals surface area contributed by atoms with Crippen molar-refractivity contribution in [2.45, 2.75) is 13.0 Å². The summed E-state index contributed by atoms with van der Waals surface area (Å²) in [6, 6.07) is 9.18. The first-order valence-electron chi connectivity index (χ1n) is 6.40. The molecule has 0 atom stereocenters. The molecule has 0 radical (unpaired) electrons. The van der Waals surface area contributed by atoms with E-state index in [-0.39, 0.29) is 29.3 Å². The van der Waals surface area contributed by atoms with Crippen molar-refractivity contribution in [1.29, 1.82) is 0 Å². The van der Waals surface area contributed by atoms with Crippen molar-refractivity contribution in [3.05, 3.63) is 72.7 Å². The first-order chi connectivity index (χ1) is 10.9. The molecule has 0 aliphatic heterocycles. The van der Waals surface area contributed by atoms with Crippen LogP contribution in [0.1, 0.15) is 11.1 Å². The van der Waals surface area contributed by atoms with E-state index in [1.165, 1.54) is 24.3 Å². The molecule has 0 saturated heterocycles. The lowest BCUT2D eigenvalue weighted by Crippen LogP contribution is -2.10. The van der Waals surface area contributed by atoms with Crippen molar-refractivity contribution in [3.8, 4) is 0 Å². The fourth-order valence-corrected chi connectivity index (χ4v) is 2.64. The maximum absolute atomic E-state index is 11.9. The van der Waals surface area contributed by atoms with Crippen molar-refractivity contribution in [2.75, 3.05) is 0 Å². The lowest BCUT2D eigenvalue weighted by Gasteiger charge is -2.08. The van der Waals surface area contributed by atoms with E-state index in [0.717, 1.165) is 0 Å². The number of rotatable bonds is 5. The van der Waals surface area contributed by atoms with E-state index in [2.05, 4.69) is 0 Å². The summed E-state index contributed by atoms with van der Waals surface area (Å²) in [7, 11) is 0. The fraction of sp³-hybridized carbons (Fsp3) is 0.133. The third-order valence-electron chi connectivity index (χ3n) is 2.99. The van der Waals surface area contributed by atoms with Crippen LogP contribution in [0.5, 0.6) is 0 Å². The normalized spacial score (nSPS) is 10.4. The molecular formula is C15H10Cl3NO4. The number of nitro benzene ring substituents is 1. The fourth-order valence-electron chi connectivity index (χ4n) is 1.91. The van der Waals surface area contributed by atoms with Gasteiger partial charge in [0.1, 0.15) is 11.6 Å². The van der Waals surface area contributed by atoms with Gasteiger partial charge in [-0.25, -0.2) is 0 Å². The highest BCUT2D eigenvalue weighted by Crippen LogP contribution is 2.29. The van der Waals surface area contributed by atoms with E-state index in [1.807, 2.05) is 0 Å². The summed E-state index contributed by atoms with van der Waals surface area (Å²) in [5, 5.41) is 11.8. The Labute approximate surface area is 146 Å². The van der Waals surface area contributed by atoms with Crippen LogP contribution < -0.4 is 0 Å². The maximum Gasteiger partial charge on any atom is 0.310 e. The lowest BCUT2D eigenvalue weighted by molar-refractivity contribution is -0.385. The average Bonchev–Trinajstić information content (AvgIpc) is 2.46. The number of benzene rings is 2. The van der Waals surface area contributed by atoms with Crippen LogP contribution in [0.4, 0.5) is 5.69 Å². The molecule has 0 heterocycles.